The van der Waals surface area contributed by atoms with Crippen LogP contribution in [0.2, 0.25) is 0 Å². The largest absolute Gasteiger partial charge is 0.334 e. The van der Waals surface area contributed by atoms with Crippen LogP contribution in [-0.4, -0.2) is 34.1 Å². The van der Waals surface area contributed by atoms with Crippen molar-refractivity contribution in [3.05, 3.63) is 17.2 Å². The molecule has 1 heterocycles. The van der Waals surface area contributed by atoms with Crippen molar-refractivity contribution in [2.24, 2.45) is 12.8 Å². The average Bonchev–Trinajstić information content (AvgIpc) is 2.51. The van der Waals surface area contributed by atoms with E-state index in [-0.39, 0.29) is 6.04 Å². The molecule has 4 nitrogen and oxygen atoms in total. The molecule has 0 saturated carbocycles. The maximum atomic E-state index is 5.92. The minimum absolute atomic E-state index is 0.279. The predicted molar refractivity (Wildman–Crippen MR) is 67.4 cm³/mol. The fourth-order valence-corrected chi connectivity index (χ4v) is 2.35. The molecule has 0 radical (unpaired) electrons. The zero-order valence-corrected chi connectivity index (χ0v) is 11.1. The summed E-state index contributed by atoms with van der Waals surface area (Å²) in [5, 5.41) is 0. The second kappa shape index (κ2) is 5.46. The third-order valence-corrected chi connectivity index (χ3v) is 3.34. The van der Waals surface area contributed by atoms with E-state index in [0.29, 0.717) is 6.54 Å². The number of hydrogen-bond donors (Lipinski definition) is 1. The Morgan fingerprint density at radius 3 is 2.19 bits per heavy atom. The molecule has 0 saturated heterocycles. The third kappa shape index (κ3) is 2.28. The Morgan fingerprint density at radius 1 is 1.31 bits per heavy atom. The molecule has 0 aliphatic carbocycles. The first kappa shape index (κ1) is 13.2. The van der Waals surface area contributed by atoms with Gasteiger partial charge in [-0.3, -0.25) is 4.90 Å². The zero-order chi connectivity index (χ0) is 12.3. The van der Waals surface area contributed by atoms with Gasteiger partial charge in [0, 0.05) is 13.6 Å². The lowest BCUT2D eigenvalue weighted by atomic mass is 10.1. The van der Waals surface area contributed by atoms with Gasteiger partial charge in [-0.25, -0.2) is 4.98 Å². The number of likely N-dealkylation sites (N-methyl/N-ethyl adjacent to an activating group) is 1. The SMILES string of the molecule is CCN(CC)C(CN)c1c(C)nc(C)n1C. The lowest BCUT2D eigenvalue weighted by Gasteiger charge is -2.29. The summed E-state index contributed by atoms with van der Waals surface area (Å²) in [6.45, 7) is 11.1. The molecule has 2 N–H and O–H groups in total. The summed E-state index contributed by atoms with van der Waals surface area (Å²) in [6.07, 6.45) is 0. The number of aromatic nitrogens is 2. The first-order valence-electron chi connectivity index (χ1n) is 6.00. The monoisotopic (exact) mass is 224 g/mol. The summed E-state index contributed by atoms with van der Waals surface area (Å²) >= 11 is 0. The number of nitrogens with zero attached hydrogens (tertiary/aromatic N) is 3. The van der Waals surface area contributed by atoms with Crippen molar-refractivity contribution < 1.29 is 0 Å². The minimum atomic E-state index is 0.279. The topological polar surface area (TPSA) is 47.1 Å². The van der Waals surface area contributed by atoms with Crippen LogP contribution in [0, 0.1) is 13.8 Å². The smallest absolute Gasteiger partial charge is 0.105 e. The molecule has 4 heteroatoms. The molecule has 92 valence electrons. The predicted octanol–water partition coefficient (Wildman–Crippen LogP) is 1.38. The van der Waals surface area contributed by atoms with E-state index in [1.165, 1.54) is 5.69 Å². The molecule has 0 aliphatic heterocycles. The van der Waals surface area contributed by atoms with Gasteiger partial charge in [0.1, 0.15) is 5.82 Å². The van der Waals surface area contributed by atoms with Crippen LogP contribution in [0.1, 0.15) is 37.1 Å². The normalized spacial score (nSPS) is 13.4. The quantitative estimate of drug-likeness (QED) is 0.822. The molecule has 0 bridgehead atoms. The van der Waals surface area contributed by atoms with E-state index in [2.05, 4.69) is 42.3 Å². The Hall–Kier alpha value is -0.870. The highest BCUT2D eigenvalue weighted by Gasteiger charge is 2.22. The third-order valence-electron chi connectivity index (χ3n) is 3.34. The Kier molecular flexibility index (Phi) is 4.50. The van der Waals surface area contributed by atoms with Gasteiger partial charge in [0.05, 0.1) is 17.4 Å². The summed E-state index contributed by atoms with van der Waals surface area (Å²) in [6, 6.07) is 0.279. The van der Waals surface area contributed by atoms with Gasteiger partial charge < -0.3 is 10.3 Å². The van der Waals surface area contributed by atoms with Crippen LogP contribution < -0.4 is 5.73 Å². The fraction of sp³-hybridized carbons (Fsp3) is 0.750. The Bertz CT molecular complexity index is 339. The lowest BCUT2D eigenvalue weighted by molar-refractivity contribution is 0.216. The van der Waals surface area contributed by atoms with Crippen LogP contribution in [0.3, 0.4) is 0 Å². The molecule has 0 aromatic carbocycles. The van der Waals surface area contributed by atoms with Gasteiger partial charge in [0.25, 0.3) is 0 Å². The molecule has 0 spiro atoms. The molecule has 16 heavy (non-hydrogen) atoms. The second-order valence-electron chi connectivity index (χ2n) is 4.16. The molecule has 0 aliphatic rings. The fourth-order valence-electron chi connectivity index (χ4n) is 2.35. The molecule has 0 fully saturated rings. The summed E-state index contributed by atoms with van der Waals surface area (Å²) in [5.41, 5.74) is 8.27. The number of imidazole rings is 1. The molecular weight excluding hydrogens is 200 g/mol. The van der Waals surface area contributed by atoms with Gasteiger partial charge >= 0.3 is 0 Å². The minimum Gasteiger partial charge on any atom is -0.334 e. The van der Waals surface area contributed by atoms with E-state index in [1.54, 1.807) is 0 Å². The maximum absolute atomic E-state index is 5.92. The molecule has 1 unspecified atom stereocenters. The molecule has 1 atom stereocenters. The van der Waals surface area contributed by atoms with Gasteiger partial charge in [-0.15, -0.1) is 0 Å². The van der Waals surface area contributed by atoms with E-state index >= 15 is 0 Å². The van der Waals surface area contributed by atoms with Crippen molar-refractivity contribution >= 4 is 0 Å². The number of rotatable bonds is 5. The van der Waals surface area contributed by atoms with Crippen LogP contribution in [0.5, 0.6) is 0 Å². The summed E-state index contributed by atoms with van der Waals surface area (Å²) in [7, 11) is 2.07. The zero-order valence-electron chi connectivity index (χ0n) is 11.1. The highest BCUT2D eigenvalue weighted by molar-refractivity contribution is 5.19. The van der Waals surface area contributed by atoms with Gasteiger partial charge in [-0.1, -0.05) is 13.8 Å². The van der Waals surface area contributed by atoms with Crippen molar-refractivity contribution in [3.8, 4) is 0 Å². The lowest BCUT2D eigenvalue weighted by Crippen LogP contribution is -2.35. The molecule has 1 rings (SSSR count). The Labute approximate surface area is 98.5 Å². The van der Waals surface area contributed by atoms with E-state index < -0.39 is 0 Å². The standard InChI is InChI=1S/C12H24N4/c1-6-16(7-2)11(8-13)12-9(3)14-10(4)15(12)5/h11H,6-8,13H2,1-5H3. The summed E-state index contributed by atoms with van der Waals surface area (Å²) in [4.78, 5) is 6.89. The van der Waals surface area contributed by atoms with Crippen LogP contribution in [0.15, 0.2) is 0 Å². The van der Waals surface area contributed by atoms with E-state index in [9.17, 15) is 0 Å². The van der Waals surface area contributed by atoms with Crippen molar-refractivity contribution in [2.75, 3.05) is 19.6 Å². The van der Waals surface area contributed by atoms with Crippen LogP contribution in [-0.2, 0) is 7.05 Å². The van der Waals surface area contributed by atoms with Gasteiger partial charge in [-0.05, 0) is 26.9 Å². The van der Waals surface area contributed by atoms with Crippen LogP contribution >= 0.6 is 0 Å². The van der Waals surface area contributed by atoms with E-state index in [1.807, 2.05) is 6.92 Å². The number of hydrogen-bond acceptors (Lipinski definition) is 3. The first-order valence-corrected chi connectivity index (χ1v) is 6.00. The van der Waals surface area contributed by atoms with Crippen molar-refractivity contribution in [2.45, 2.75) is 33.7 Å². The maximum Gasteiger partial charge on any atom is 0.105 e. The van der Waals surface area contributed by atoms with Gasteiger partial charge in [0.2, 0.25) is 0 Å². The highest BCUT2D eigenvalue weighted by atomic mass is 15.2. The number of aryl methyl sites for hydroxylation is 2. The highest BCUT2D eigenvalue weighted by Crippen LogP contribution is 2.23. The van der Waals surface area contributed by atoms with Gasteiger partial charge in [-0.2, -0.15) is 0 Å². The molecule has 1 aromatic heterocycles. The molecular formula is C12H24N4. The summed E-state index contributed by atoms with van der Waals surface area (Å²) in [5.74, 6) is 1.05. The average molecular weight is 224 g/mol. The summed E-state index contributed by atoms with van der Waals surface area (Å²) < 4.78 is 2.16. The van der Waals surface area contributed by atoms with Crippen LogP contribution in [0.25, 0.3) is 0 Å². The van der Waals surface area contributed by atoms with Crippen molar-refractivity contribution in [3.63, 3.8) is 0 Å². The van der Waals surface area contributed by atoms with Crippen molar-refractivity contribution in [1.29, 1.82) is 0 Å². The molecule has 0 amide bonds. The first-order chi connectivity index (χ1) is 7.56. The number of nitrogens with two attached hydrogens (primary N) is 1. The second-order valence-corrected chi connectivity index (χ2v) is 4.16. The van der Waals surface area contributed by atoms with Crippen molar-refractivity contribution in [1.82, 2.24) is 14.5 Å². The van der Waals surface area contributed by atoms with Crippen LogP contribution in [0.4, 0.5) is 0 Å². The van der Waals surface area contributed by atoms with E-state index in [0.717, 1.165) is 24.6 Å². The molecule has 1 aromatic rings. The van der Waals surface area contributed by atoms with E-state index in [4.69, 9.17) is 5.73 Å². The van der Waals surface area contributed by atoms with Gasteiger partial charge in [0.15, 0.2) is 0 Å². The Morgan fingerprint density at radius 2 is 1.88 bits per heavy atom. The Balaban J connectivity index is 3.12.